The number of aryl methyl sites for hydroxylation is 1. The molecule has 0 radical (unpaired) electrons. The fourth-order valence-corrected chi connectivity index (χ4v) is 2.95. The third kappa shape index (κ3) is 2.69. The fraction of sp³-hybridized carbons (Fsp3) is 0.500. The first kappa shape index (κ1) is 13.8. The maximum atomic E-state index is 11.4. The van der Waals surface area contributed by atoms with E-state index in [1.165, 1.54) is 6.07 Å². The zero-order chi connectivity index (χ0) is 15.0. The average molecular weight is 290 g/mol. The Hall–Kier alpha value is -2.15. The number of nitro groups is 1. The first-order valence-electron chi connectivity index (χ1n) is 7.14. The molecule has 2 N–H and O–H groups in total. The Balaban J connectivity index is 2.02. The topological polar surface area (TPSA) is 87.5 Å². The van der Waals surface area contributed by atoms with Crippen LogP contribution in [-0.4, -0.2) is 36.5 Å². The number of rotatable bonds is 2. The molecule has 0 aromatic heterocycles. The van der Waals surface area contributed by atoms with Gasteiger partial charge in [0, 0.05) is 38.2 Å². The van der Waals surface area contributed by atoms with E-state index in [-0.39, 0.29) is 16.5 Å². The van der Waals surface area contributed by atoms with Gasteiger partial charge in [0.1, 0.15) is 5.69 Å². The van der Waals surface area contributed by atoms with Gasteiger partial charge in [-0.15, -0.1) is 0 Å². The van der Waals surface area contributed by atoms with Crippen LogP contribution in [0.5, 0.6) is 0 Å². The normalized spacial score (nSPS) is 21.7. The number of nitrogens with zero attached hydrogens (tertiary/aromatic N) is 2. The molecule has 1 unspecified atom stereocenters. The molecule has 112 valence electrons. The first-order chi connectivity index (χ1) is 10.0. The number of fused-ring (bicyclic) bond motifs is 1. The Kier molecular flexibility index (Phi) is 3.50. The van der Waals surface area contributed by atoms with Crippen molar-refractivity contribution in [3.63, 3.8) is 0 Å². The summed E-state index contributed by atoms with van der Waals surface area (Å²) < 4.78 is 0. The summed E-state index contributed by atoms with van der Waals surface area (Å²) in [4.78, 5) is 24.5. The molecule has 2 heterocycles. The maximum absolute atomic E-state index is 11.4. The molecule has 0 bridgehead atoms. The van der Waals surface area contributed by atoms with E-state index in [1.54, 1.807) is 0 Å². The molecule has 2 aliphatic heterocycles. The van der Waals surface area contributed by atoms with Crippen LogP contribution in [0.1, 0.15) is 18.9 Å². The fourth-order valence-electron chi connectivity index (χ4n) is 2.95. The number of amides is 1. The lowest BCUT2D eigenvalue weighted by Gasteiger charge is -2.34. The van der Waals surface area contributed by atoms with Crippen LogP contribution in [0, 0.1) is 10.1 Å². The Bertz CT molecular complexity index is 602. The molecular formula is C14H18N4O3. The van der Waals surface area contributed by atoms with Gasteiger partial charge >= 0.3 is 0 Å². The molecule has 1 aromatic carbocycles. The monoisotopic (exact) mass is 290 g/mol. The van der Waals surface area contributed by atoms with Crippen molar-refractivity contribution in [2.75, 3.05) is 29.9 Å². The van der Waals surface area contributed by atoms with Gasteiger partial charge in [-0.3, -0.25) is 14.9 Å². The number of nitrogens with one attached hydrogen (secondary N) is 2. The Morgan fingerprint density at radius 1 is 1.38 bits per heavy atom. The largest absolute Gasteiger partial charge is 0.363 e. The maximum Gasteiger partial charge on any atom is 0.294 e. The van der Waals surface area contributed by atoms with Crippen LogP contribution in [0.15, 0.2) is 12.1 Å². The zero-order valence-electron chi connectivity index (χ0n) is 11.9. The van der Waals surface area contributed by atoms with E-state index >= 15 is 0 Å². The van der Waals surface area contributed by atoms with Gasteiger partial charge in [-0.1, -0.05) is 0 Å². The highest BCUT2D eigenvalue weighted by atomic mass is 16.6. The molecule has 1 saturated heterocycles. The second kappa shape index (κ2) is 5.33. The van der Waals surface area contributed by atoms with Crippen LogP contribution in [-0.2, 0) is 11.2 Å². The van der Waals surface area contributed by atoms with Crippen LogP contribution in [0.2, 0.25) is 0 Å². The second-order valence-electron chi connectivity index (χ2n) is 5.60. The highest BCUT2D eigenvalue weighted by Crippen LogP contribution is 2.36. The molecule has 7 nitrogen and oxygen atoms in total. The highest BCUT2D eigenvalue weighted by molar-refractivity contribution is 5.95. The highest BCUT2D eigenvalue weighted by Gasteiger charge is 2.27. The number of piperazine rings is 1. The van der Waals surface area contributed by atoms with E-state index in [2.05, 4.69) is 22.5 Å². The van der Waals surface area contributed by atoms with Gasteiger partial charge in [-0.2, -0.15) is 0 Å². The van der Waals surface area contributed by atoms with E-state index < -0.39 is 0 Å². The van der Waals surface area contributed by atoms with Crippen molar-refractivity contribution >= 4 is 23.0 Å². The minimum Gasteiger partial charge on any atom is -0.363 e. The quantitative estimate of drug-likeness (QED) is 0.633. The minimum atomic E-state index is -0.372. The minimum absolute atomic E-state index is 0.0602. The smallest absolute Gasteiger partial charge is 0.294 e. The van der Waals surface area contributed by atoms with Gasteiger partial charge in [-0.05, 0) is 25.0 Å². The van der Waals surface area contributed by atoms with Crippen molar-refractivity contribution in [2.24, 2.45) is 0 Å². The summed E-state index contributed by atoms with van der Waals surface area (Å²) in [5, 5.41) is 17.4. The number of nitro benzene ring substituents is 1. The number of carbonyl (C=O) groups excluding carboxylic acids is 1. The van der Waals surface area contributed by atoms with Gasteiger partial charge in [0.25, 0.3) is 5.69 Å². The second-order valence-corrected chi connectivity index (χ2v) is 5.60. The lowest BCUT2D eigenvalue weighted by Crippen LogP contribution is -2.49. The predicted octanol–water partition coefficient (Wildman–Crippen LogP) is 1.28. The van der Waals surface area contributed by atoms with E-state index in [0.29, 0.717) is 30.3 Å². The third-order valence-electron chi connectivity index (χ3n) is 4.00. The summed E-state index contributed by atoms with van der Waals surface area (Å²) in [7, 11) is 0. The van der Waals surface area contributed by atoms with Crippen molar-refractivity contribution in [1.29, 1.82) is 0 Å². The standard InChI is InChI=1S/C14H18N4O3/c1-9-8-17(5-4-15-9)12-6-10-2-3-14(19)16-11(10)7-13(12)18(20)21/h6-7,9,15H,2-5,8H2,1H3,(H,16,19). The first-order valence-corrected chi connectivity index (χ1v) is 7.14. The van der Waals surface area contributed by atoms with Crippen LogP contribution >= 0.6 is 0 Å². The van der Waals surface area contributed by atoms with Crippen molar-refractivity contribution in [2.45, 2.75) is 25.8 Å². The molecule has 7 heteroatoms. The summed E-state index contributed by atoms with van der Waals surface area (Å²) >= 11 is 0. The summed E-state index contributed by atoms with van der Waals surface area (Å²) in [6.45, 7) is 4.37. The van der Waals surface area contributed by atoms with E-state index in [9.17, 15) is 14.9 Å². The number of anilines is 2. The summed E-state index contributed by atoms with van der Waals surface area (Å²) in [5.41, 5.74) is 2.26. The molecule has 1 atom stereocenters. The molecule has 3 rings (SSSR count). The number of carbonyl (C=O) groups is 1. The number of benzene rings is 1. The molecule has 2 aliphatic rings. The van der Waals surface area contributed by atoms with Crippen molar-refractivity contribution in [3.05, 3.63) is 27.8 Å². The Morgan fingerprint density at radius 3 is 2.90 bits per heavy atom. The molecule has 0 aliphatic carbocycles. The van der Waals surface area contributed by atoms with Crippen molar-refractivity contribution in [3.8, 4) is 0 Å². The lowest BCUT2D eigenvalue weighted by atomic mass is 10.0. The lowest BCUT2D eigenvalue weighted by molar-refractivity contribution is -0.384. The van der Waals surface area contributed by atoms with Gasteiger partial charge in [0.05, 0.1) is 10.6 Å². The molecule has 1 amide bonds. The van der Waals surface area contributed by atoms with Crippen LogP contribution in [0.4, 0.5) is 17.1 Å². The van der Waals surface area contributed by atoms with Gasteiger partial charge in [-0.25, -0.2) is 0 Å². The molecule has 1 aromatic rings. The molecule has 0 spiro atoms. The summed E-state index contributed by atoms with van der Waals surface area (Å²) in [5.74, 6) is -0.0830. The number of hydrogen-bond donors (Lipinski definition) is 2. The summed E-state index contributed by atoms with van der Waals surface area (Å²) in [6, 6.07) is 3.66. The zero-order valence-corrected chi connectivity index (χ0v) is 11.9. The van der Waals surface area contributed by atoms with Crippen molar-refractivity contribution < 1.29 is 9.72 Å². The molecule has 0 saturated carbocycles. The van der Waals surface area contributed by atoms with Crippen LogP contribution in [0.25, 0.3) is 0 Å². The third-order valence-corrected chi connectivity index (χ3v) is 4.00. The van der Waals surface area contributed by atoms with Gasteiger partial charge in [0.2, 0.25) is 5.91 Å². The number of hydrogen-bond acceptors (Lipinski definition) is 5. The van der Waals surface area contributed by atoms with Crippen LogP contribution < -0.4 is 15.5 Å². The van der Waals surface area contributed by atoms with E-state index in [0.717, 1.165) is 25.2 Å². The van der Waals surface area contributed by atoms with Crippen LogP contribution in [0.3, 0.4) is 0 Å². The van der Waals surface area contributed by atoms with E-state index in [1.807, 2.05) is 6.07 Å². The summed E-state index contributed by atoms with van der Waals surface area (Å²) in [6.07, 6.45) is 1.07. The SMILES string of the molecule is CC1CN(c2cc3c(cc2[N+](=O)[O-])NC(=O)CC3)CCN1. The Labute approximate surface area is 122 Å². The predicted molar refractivity (Wildman–Crippen MR) is 79.7 cm³/mol. The molecule has 1 fully saturated rings. The Morgan fingerprint density at radius 2 is 2.19 bits per heavy atom. The van der Waals surface area contributed by atoms with Gasteiger partial charge < -0.3 is 15.5 Å². The average Bonchev–Trinajstić information content (AvgIpc) is 2.45. The van der Waals surface area contributed by atoms with E-state index in [4.69, 9.17) is 0 Å². The van der Waals surface area contributed by atoms with Gasteiger partial charge in [0.15, 0.2) is 0 Å². The molecule has 21 heavy (non-hydrogen) atoms. The molecular weight excluding hydrogens is 272 g/mol. The van der Waals surface area contributed by atoms with Crippen molar-refractivity contribution in [1.82, 2.24) is 5.32 Å².